The van der Waals surface area contributed by atoms with Gasteiger partial charge < -0.3 is 5.32 Å². The Labute approximate surface area is 219 Å². The molecule has 37 heavy (non-hydrogen) atoms. The van der Waals surface area contributed by atoms with Gasteiger partial charge >= 0.3 is 0 Å². The lowest BCUT2D eigenvalue weighted by Gasteiger charge is -2.14. The van der Waals surface area contributed by atoms with Gasteiger partial charge in [0.1, 0.15) is 0 Å². The van der Waals surface area contributed by atoms with Crippen molar-refractivity contribution in [2.45, 2.75) is 32.9 Å². The summed E-state index contributed by atoms with van der Waals surface area (Å²) in [5.41, 5.74) is 6.58. The Hall–Kier alpha value is -4.17. The van der Waals surface area contributed by atoms with Crippen LogP contribution in [0.15, 0.2) is 82.7 Å². The third-order valence-electron chi connectivity index (χ3n) is 6.38. The topological polar surface area (TPSA) is 81.8 Å². The summed E-state index contributed by atoms with van der Waals surface area (Å²) in [4.78, 5) is 31.3. The summed E-state index contributed by atoms with van der Waals surface area (Å²) in [6, 6.07) is 22.9. The number of para-hydroxylation sites is 2. The van der Waals surface area contributed by atoms with E-state index in [-0.39, 0.29) is 17.2 Å². The fraction of sp³-hybridized carbons (Fsp3) is 0.172. The molecule has 7 nitrogen and oxygen atoms in total. The SMILES string of the molecule is Cc1ccc(-n2c(SCC(=O)Nc3c(C)nn(-c4ccccc4)c3C)nc3ccccc3c2=O)cc1C. The molecule has 0 radical (unpaired) electrons. The maximum absolute atomic E-state index is 13.5. The minimum atomic E-state index is -0.196. The molecule has 2 aromatic heterocycles. The highest BCUT2D eigenvalue weighted by Gasteiger charge is 2.18. The summed E-state index contributed by atoms with van der Waals surface area (Å²) >= 11 is 1.24. The van der Waals surface area contributed by atoms with E-state index >= 15 is 0 Å². The Kier molecular flexibility index (Phi) is 6.67. The molecule has 3 aromatic carbocycles. The van der Waals surface area contributed by atoms with Crippen LogP contribution in [0, 0.1) is 27.7 Å². The number of hydrogen-bond donors (Lipinski definition) is 1. The lowest BCUT2D eigenvalue weighted by Crippen LogP contribution is -2.23. The van der Waals surface area contributed by atoms with E-state index in [0.29, 0.717) is 21.7 Å². The quantitative estimate of drug-likeness (QED) is 0.240. The molecule has 0 saturated carbocycles. The van der Waals surface area contributed by atoms with Gasteiger partial charge in [-0.1, -0.05) is 48.2 Å². The van der Waals surface area contributed by atoms with E-state index in [9.17, 15) is 9.59 Å². The molecule has 0 unspecified atom stereocenters. The van der Waals surface area contributed by atoms with E-state index in [0.717, 1.165) is 33.9 Å². The average Bonchev–Trinajstić information content (AvgIpc) is 3.18. The number of benzene rings is 3. The largest absolute Gasteiger partial charge is 0.322 e. The van der Waals surface area contributed by atoms with Gasteiger partial charge in [0.05, 0.1) is 45.1 Å². The molecule has 0 aliphatic heterocycles. The molecule has 0 fully saturated rings. The van der Waals surface area contributed by atoms with Crippen molar-refractivity contribution in [2.75, 3.05) is 11.1 Å². The summed E-state index contributed by atoms with van der Waals surface area (Å²) in [5, 5.41) is 8.62. The van der Waals surface area contributed by atoms with Gasteiger partial charge in [-0.05, 0) is 75.2 Å². The third-order valence-corrected chi connectivity index (χ3v) is 7.32. The van der Waals surface area contributed by atoms with Crippen LogP contribution >= 0.6 is 11.8 Å². The van der Waals surface area contributed by atoms with Crippen molar-refractivity contribution in [3.05, 3.63) is 106 Å². The van der Waals surface area contributed by atoms with Crippen molar-refractivity contribution < 1.29 is 4.79 Å². The molecule has 0 aliphatic rings. The van der Waals surface area contributed by atoms with Crippen LogP contribution in [0.4, 0.5) is 5.69 Å². The van der Waals surface area contributed by atoms with Crippen molar-refractivity contribution in [2.24, 2.45) is 0 Å². The van der Waals surface area contributed by atoms with E-state index in [4.69, 9.17) is 4.98 Å². The highest BCUT2D eigenvalue weighted by molar-refractivity contribution is 7.99. The minimum absolute atomic E-state index is 0.0883. The Balaban J connectivity index is 1.44. The fourth-order valence-corrected chi connectivity index (χ4v) is 5.06. The van der Waals surface area contributed by atoms with Crippen molar-refractivity contribution in [3.8, 4) is 11.4 Å². The molecule has 0 aliphatic carbocycles. The number of aromatic nitrogens is 4. The maximum Gasteiger partial charge on any atom is 0.266 e. The van der Waals surface area contributed by atoms with Crippen molar-refractivity contribution in [1.82, 2.24) is 19.3 Å². The molecule has 1 amide bonds. The number of amides is 1. The number of hydrogen-bond acceptors (Lipinski definition) is 5. The molecule has 0 spiro atoms. The van der Waals surface area contributed by atoms with Crippen LogP contribution in [-0.2, 0) is 4.79 Å². The van der Waals surface area contributed by atoms with Gasteiger partial charge in [0, 0.05) is 0 Å². The first-order chi connectivity index (χ1) is 17.8. The molecule has 186 valence electrons. The molecule has 0 atom stereocenters. The van der Waals surface area contributed by atoms with Crippen molar-refractivity contribution in [1.29, 1.82) is 0 Å². The third kappa shape index (κ3) is 4.80. The monoisotopic (exact) mass is 509 g/mol. The summed E-state index contributed by atoms with van der Waals surface area (Å²) in [6.45, 7) is 7.85. The van der Waals surface area contributed by atoms with Gasteiger partial charge in [-0.2, -0.15) is 5.10 Å². The molecule has 8 heteroatoms. The van der Waals surface area contributed by atoms with E-state index in [2.05, 4.69) is 10.4 Å². The van der Waals surface area contributed by atoms with E-state index in [1.54, 1.807) is 10.6 Å². The maximum atomic E-state index is 13.5. The predicted octanol–water partition coefficient (Wildman–Crippen LogP) is 5.54. The molecule has 5 aromatic rings. The van der Waals surface area contributed by atoms with Gasteiger partial charge in [0.2, 0.25) is 5.91 Å². The fourth-order valence-electron chi connectivity index (χ4n) is 4.25. The van der Waals surface area contributed by atoms with E-state index < -0.39 is 0 Å². The zero-order chi connectivity index (χ0) is 26.1. The molecule has 1 N–H and O–H groups in total. The van der Waals surface area contributed by atoms with Crippen LogP contribution in [0.3, 0.4) is 0 Å². The Morgan fingerprint density at radius 2 is 1.62 bits per heavy atom. The lowest BCUT2D eigenvalue weighted by molar-refractivity contribution is -0.113. The Morgan fingerprint density at radius 3 is 2.38 bits per heavy atom. The summed E-state index contributed by atoms with van der Waals surface area (Å²) in [5.74, 6) is -0.108. The number of fused-ring (bicyclic) bond motifs is 1. The molecule has 5 rings (SSSR count). The standard InChI is InChI=1S/C29H27N5O2S/c1-18-14-15-23(16-19(18)2)33-28(36)24-12-8-9-13-25(24)30-29(33)37-17-26(35)31-27-20(3)32-34(21(27)4)22-10-6-5-7-11-22/h5-16H,17H2,1-4H3,(H,31,35). The first kappa shape index (κ1) is 24.5. The normalized spacial score (nSPS) is 11.1. The van der Waals surface area contributed by atoms with E-state index in [1.807, 2.05) is 99.1 Å². The highest BCUT2D eigenvalue weighted by Crippen LogP contribution is 2.25. The van der Waals surface area contributed by atoms with Gasteiger partial charge in [-0.3, -0.25) is 14.2 Å². The van der Waals surface area contributed by atoms with Crippen LogP contribution in [-0.4, -0.2) is 31.0 Å². The highest BCUT2D eigenvalue weighted by atomic mass is 32.2. The molecule has 2 heterocycles. The van der Waals surface area contributed by atoms with Crippen LogP contribution in [0.25, 0.3) is 22.3 Å². The second-order valence-corrected chi connectivity index (χ2v) is 9.89. The Morgan fingerprint density at radius 1 is 0.892 bits per heavy atom. The molecule has 0 saturated heterocycles. The van der Waals surface area contributed by atoms with Crippen LogP contribution in [0.1, 0.15) is 22.5 Å². The number of nitrogens with zero attached hydrogens (tertiary/aromatic N) is 4. The number of rotatable bonds is 6. The second-order valence-electron chi connectivity index (χ2n) is 8.95. The van der Waals surface area contributed by atoms with Crippen LogP contribution < -0.4 is 10.9 Å². The van der Waals surface area contributed by atoms with Gasteiger partial charge in [-0.15, -0.1) is 0 Å². The smallest absolute Gasteiger partial charge is 0.266 e. The first-order valence-electron chi connectivity index (χ1n) is 12.0. The Bertz CT molecular complexity index is 1690. The second kappa shape index (κ2) is 10.1. The van der Waals surface area contributed by atoms with Crippen LogP contribution in [0.2, 0.25) is 0 Å². The van der Waals surface area contributed by atoms with E-state index in [1.165, 1.54) is 11.8 Å². The lowest BCUT2D eigenvalue weighted by atomic mass is 10.1. The predicted molar refractivity (Wildman–Crippen MR) is 149 cm³/mol. The zero-order valence-electron chi connectivity index (χ0n) is 21.1. The number of carbonyl (C=O) groups is 1. The number of anilines is 1. The molecule has 0 bridgehead atoms. The number of thioether (sulfide) groups is 1. The summed E-state index contributed by atoms with van der Waals surface area (Å²) in [7, 11) is 0. The minimum Gasteiger partial charge on any atom is -0.322 e. The van der Waals surface area contributed by atoms with Crippen molar-refractivity contribution in [3.63, 3.8) is 0 Å². The van der Waals surface area contributed by atoms with Crippen LogP contribution in [0.5, 0.6) is 0 Å². The van der Waals surface area contributed by atoms with Gasteiger partial charge in [0.15, 0.2) is 5.16 Å². The summed E-state index contributed by atoms with van der Waals surface area (Å²) in [6.07, 6.45) is 0. The van der Waals surface area contributed by atoms with Crippen molar-refractivity contribution >= 4 is 34.3 Å². The average molecular weight is 510 g/mol. The van der Waals surface area contributed by atoms with Gasteiger partial charge in [0.25, 0.3) is 5.56 Å². The number of carbonyl (C=O) groups excluding carboxylic acids is 1. The molecular formula is C29H27N5O2S. The first-order valence-corrected chi connectivity index (χ1v) is 13.0. The summed E-state index contributed by atoms with van der Waals surface area (Å²) < 4.78 is 3.41. The number of aryl methyl sites for hydroxylation is 3. The van der Waals surface area contributed by atoms with Gasteiger partial charge in [-0.25, -0.2) is 9.67 Å². The zero-order valence-corrected chi connectivity index (χ0v) is 22.0. The number of nitrogens with one attached hydrogen (secondary N) is 1. The molecular weight excluding hydrogens is 482 g/mol.